The molecule has 1 aromatic carbocycles. The van der Waals surface area contributed by atoms with Gasteiger partial charge in [0, 0.05) is 6.42 Å². The van der Waals surface area contributed by atoms with Crippen LogP contribution in [0.5, 0.6) is 5.88 Å². The maximum Gasteiger partial charge on any atom is 0.228 e. The molecule has 0 unspecified atom stereocenters. The number of rotatable bonds is 2. The molecule has 1 aromatic heterocycles. The zero-order valence-corrected chi connectivity index (χ0v) is 11.5. The van der Waals surface area contributed by atoms with E-state index in [-0.39, 0.29) is 11.9 Å². The molecule has 0 spiro atoms. The fourth-order valence-corrected chi connectivity index (χ4v) is 2.40. The molecule has 2 heterocycles. The third-order valence-electron chi connectivity index (χ3n) is 3.26. The average molecular weight is 268 g/mol. The zero-order chi connectivity index (χ0) is 14.1. The topological polar surface area (TPSA) is 44.1 Å². The first kappa shape index (κ1) is 12.7. The van der Waals surface area contributed by atoms with Crippen LogP contribution in [0.1, 0.15) is 36.3 Å². The van der Waals surface area contributed by atoms with E-state index < -0.39 is 0 Å². The van der Waals surface area contributed by atoms with Crippen LogP contribution in [0.25, 0.3) is 11.8 Å². The summed E-state index contributed by atoms with van der Waals surface area (Å²) in [6.45, 7) is 3.81. The van der Waals surface area contributed by atoms with Gasteiger partial charge < -0.3 is 4.74 Å². The summed E-state index contributed by atoms with van der Waals surface area (Å²) in [7, 11) is 0. The predicted molar refractivity (Wildman–Crippen MR) is 77.3 cm³/mol. The molecule has 0 saturated carbocycles. The van der Waals surface area contributed by atoms with Crippen LogP contribution in [0.15, 0.2) is 36.4 Å². The van der Waals surface area contributed by atoms with Crippen molar-refractivity contribution in [2.75, 3.05) is 0 Å². The van der Waals surface area contributed by atoms with Crippen molar-refractivity contribution in [1.29, 1.82) is 0 Å². The van der Waals surface area contributed by atoms with Crippen molar-refractivity contribution in [1.82, 2.24) is 9.78 Å². The van der Waals surface area contributed by atoms with Crippen LogP contribution >= 0.6 is 0 Å². The van der Waals surface area contributed by atoms with Gasteiger partial charge in [-0.3, -0.25) is 4.79 Å². The number of Topliss-reactive ketones (excluding diaryl/α,β-unsaturated/α-hetero) is 1. The second-order valence-electron chi connectivity index (χ2n) is 4.87. The number of carbonyl (C=O) groups excluding carboxylic acids is 1. The molecular weight excluding hydrogens is 252 g/mol. The number of fused-ring (bicyclic) bond motifs is 1. The number of hydrogen-bond acceptors (Lipinski definition) is 3. The molecule has 4 heteroatoms. The molecule has 0 bridgehead atoms. The molecular formula is C16H16N2O2. The largest absolute Gasteiger partial charge is 0.474 e. The third kappa shape index (κ3) is 2.03. The molecule has 20 heavy (non-hydrogen) atoms. The highest BCUT2D eigenvalue weighted by molar-refractivity contribution is 6.02. The molecule has 0 aliphatic carbocycles. The first-order chi connectivity index (χ1) is 9.70. The van der Waals surface area contributed by atoms with Gasteiger partial charge in [0.05, 0.1) is 5.69 Å². The van der Waals surface area contributed by atoms with Crippen molar-refractivity contribution < 1.29 is 9.53 Å². The quantitative estimate of drug-likeness (QED) is 0.839. The van der Waals surface area contributed by atoms with Gasteiger partial charge in [-0.15, -0.1) is 0 Å². The van der Waals surface area contributed by atoms with Crippen LogP contribution in [0, 0.1) is 0 Å². The van der Waals surface area contributed by atoms with E-state index in [2.05, 4.69) is 5.10 Å². The first-order valence-corrected chi connectivity index (χ1v) is 6.71. The summed E-state index contributed by atoms with van der Waals surface area (Å²) in [5, 5.41) is 4.52. The van der Waals surface area contributed by atoms with Crippen LogP contribution in [-0.2, 0) is 0 Å². The highest BCUT2D eigenvalue weighted by Gasteiger charge is 2.31. The van der Waals surface area contributed by atoms with Gasteiger partial charge in [0.1, 0.15) is 17.4 Å². The van der Waals surface area contributed by atoms with Crippen LogP contribution in [0.2, 0.25) is 0 Å². The summed E-state index contributed by atoms with van der Waals surface area (Å²) in [5.41, 5.74) is 2.15. The Bertz CT molecular complexity index is 671. The van der Waals surface area contributed by atoms with Gasteiger partial charge in [-0.25, -0.2) is 0 Å². The molecule has 3 rings (SSSR count). The highest BCUT2D eigenvalue weighted by atomic mass is 16.5. The van der Waals surface area contributed by atoms with E-state index in [1.165, 1.54) is 0 Å². The lowest BCUT2D eigenvalue weighted by Gasteiger charge is -2.20. The summed E-state index contributed by atoms with van der Waals surface area (Å²) in [5.74, 6) is 0.641. The first-order valence-electron chi connectivity index (χ1n) is 6.71. The lowest BCUT2D eigenvalue weighted by atomic mass is 10.0. The van der Waals surface area contributed by atoms with E-state index >= 15 is 0 Å². The molecule has 0 N–H and O–H groups in total. The number of ketones is 1. The molecule has 102 valence electrons. The second kappa shape index (κ2) is 4.96. The minimum Gasteiger partial charge on any atom is -0.474 e. The third-order valence-corrected chi connectivity index (χ3v) is 3.26. The molecule has 1 atom stereocenters. The summed E-state index contributed by atoms with van der Waals surface area (Å²) in [4.78, 5) is 12.3. The van der Waals surface area contributed by atoms with Crippen molar-refractivity contribution in [2.24, 2.45) is 0 Å². The van der Waals surface area contributed by atoms with Gasteiger partial charge in [0.2, 0.25) is 5.88 Å². The Hall–Kier alpha value is -2.36. The smallest absolute Gasteiger partial charge is 0.228 e. The highest BCUT2D eigenvalue weighted by Crippen LogP contribution is 2.33. The van der Waals surface area contributed by atoms with Gasteiger partial charge in [-0.2, -0.15) is 9.78 Å². The minimum absolute atomic E-state index is 0.0917. The van der Waals surface area contributed by atoms with Crippen molar-refractivity contribution in [2.45, 2.75) is 26.4 Å². The monoisotopic (exact) mass is 268 g/mol. The number of carbonyl (C=O) groups is 1. The van der Waals surface area contributed by atoms with Crippen LogP contribution in [0.3, 0.4) is 0 Å². The number of benzene rings is 1. The van der Waals surface area contributed by atoms with Gasteiger partial charge in [0.15, 0.2) is 5.78 Å². The van der Waals surface area contributed by atoms with E-state index in [1.807, 2.05) is 56.3 Å². The fraction of sp³-hybridized carbons (Fsp3) is 0.250. The molecule has 2 aromatic rings. The van der Waals surface area contributed by atoms with E-state index in [9.17, 15) is 4.79 Å². The van der Waals surface area contributed by atoms with Gasteiger partial charge in [0.25, 0.3) is 0 Å². The maximum atomic E-state index is 12.3. The number of hydrogen-bond donors (Lipinski definition) is 0. The Kier molecular flexibility index (Phi) is 3.14. The Morgan fingerprint density at radius 1 is 1.35 bits per heavy atom. The summed E-state index contributed by atoms with van der Waals surface area (Å²) in [6, 6.07) is 9.71. The van der Waals surface area contributed by atoms with Crippen molar-refractivity contribution in [3.05, 3.63) is 47.7 Å². The average Bonchev–Trinajstić information content (AvgIpc) is 2.79. The number of ether oxygens (including phenoxy) is 1. The van der Waals surface area contributed by atoms with E-state index in [4.69, 9.17) is 4.74 Å². The van der Waals surface area contributed by atoms with Crippen LogP contribution in [-0.4, -0.2) is 21.7 Å². The Balaban J connectivity index is 2.22. The molecule has 4 nitrogen and oxygen atoms in total. The summed E-state index contributed by atoms with van der Waals surface area (Å²) < 4.78 is 7.57. The number of nitrogens with zero attached hydrogens (tertiary/aromatic N) is 2. The Labute approximate surface area is 117 Å². The Morgan fingerprint density at radius 2 is 2.10 bits per heavy atom. The standard InChI is InChI=1S/C16H16N2O2/c1-3-7-13-15-14(19)10-11(2)20-16(15)18(17-13)12-8-5-4-6-9-12/h3-9,11H,10H2,1-2H3/b7-3-/t11-/m0/s1. The molecule has 1 aliphatic rings. The lowest BCUT2D eigenvalue weighted by Crippen LogP contribution is -2.25. The normalized spacial score (nSPS) is 18.1. The molecule has 0 saturated heterocycles. The number of allylic oxidation sites excluding steroid dienone is 1. The van der Waals surface area contributed by atoms with Crippen molar-refractivity contribution in [3.8, 4) is 11.6 Å². The van der Waals surface area contributed by atoms with Crippen molar-refractivity contribution in [3.63, 3.8) is 0 Å². The van der Waals surface area contributed by atoms with E-state index in [0.29, 0.717) is 23.6 Å². The minimum atomic E-state index is -0.118. The molecule has 0 radical (unpaired) electrons. The Morgan fingerprint density at radius 3 is 2.80 bits per heavy atom. The molecule has 0 fully saturated rings. The fourth-order valence-electron chi connectivity index (χ4n) is 2.40. The van der Waals surface area contributed by atoms with Gasteiger partial charge >= 0.3 is 0 Å². The number of aromatic nitrogens is 2. The lowest BCUT2D eigenvalue weighted by molar-refractivity contribution is 0.0861. The van der Waals surface area contributed by atoms with Gasteiger partial charge in [-0.05, 0) is 32.1 Å². The number of para-hydroxylation sites is 1. The van der Waals surface area contributed by atoms with E-state index in [1.54, 1.807) is 4.68 Å². The second-order valence-corrected chi connectivity index (χ2v) is 4.87. The summed E-state index contributed by atoms with van der Waals surface area (Å²) in [6.07, 6.45) is 4.00. The van der Waals surface area contributed by atoms with Gasteiger partial charge in [-0.1, -0.05) is 24.3 Å². The van der Waals surface area contributed by atoms with Crippen LogP contribution in [0.4, 0.5) is 0 Å². The molecule has 0 amide bonds. The van der Waals surface area contributed by atoms with E-state index in [0.717, 1.165) is 5.69 Å². The van der Waals surface area contributed by atoms with Crippen molar-refractivity contribution >= 4 is 11.9 Å². The summed E-state index contributed by atoms with van der Waals surface area (Å²) >= 11 is 0. The SMILES string of the molecule is C/C=C\c1nn(-c2ccccc2)c2c1C(=O)C[C@H](C)O2. The maximum absolute atomic E-state index is 12.3. The molecule has 1 aliphatic heterocycles. The van der Waals surface area contributed by atoms with Crippen LogP contribution < -0.4 is 4.74 Å². The predicted octanol–water partition coefficient (Wildman–Crippen LogP) is 3.26. The zero-order valence-electron chi connectivity index (χ0n) is 11.5.